The van der Waals surface area contributed by atoms with Crippen LogP contribution in [-0.4, -0.2) is 24.8 Å². The van der Waals surface area contributed by atoms with Gasteiger partial charge in [0.25, 0.3) is 0 Å². The molecule has 0 fully saturated rings. The number of alkyl halides is 1. The molecule has 0 rings (SSSR count). The Kier molecular flexibility index (Phi) is 20.0. The van der Waals surface area contributed by atoms with Crippen LogP contribution in [0, 0.1) is 17.8 Å². The van der Waals surface area contributed by atoms with Gasteiger partial charge in [0.15, 0.2) is 0 Å². The summed E-state index contributed by atoms with van der Waals surface area (Å²) in [6.45, 7) is 13.9. The number of ether oxygens (including phenoxy) is 2. The van der Waals surface area contributed by atoms with Crippen molar-refractivity contribution in [2.45, 2.75) is 116 Å². The van der Waals surface area contributed by atoms with Crippen LogP contribution in [0.5, 0.6) is 0 Å². The highest BCUT2D eigenvalue weighted by atomic mass is 79.9. The zero-order valence-corrected chi connectivity index (χ0v) is 20.7. The Balaban J connectivity index is 3.37. The third-order valence-corrected chi connectivity index (χ3v) is 5.75. The second-order valence-electron chi connectivity index (χ2n) is 9.00. The van der Waals surface area contributed by atoms with E-state index in [1.807, 2.05) is 0 Å². The third kappa shape index (κ3) is 20.9. The molecule has 4 unspecified atom stereocenters. The Labute approximate surface area is 179 Å². The standard InChI is InChI=1S/C24H49BrO2/c1-6-7-8-9-10-11-12-15-26-20-27-16-13-14-21(2)17-22(3)18-23(4)19-24(5)25/h21-24H,6-20H2,1-5H3. The second-order valence-corrected chi connectivity index (χ2v) is 10.6. The SMILES string of the molecule is CCCCCCCCCOCOCCCC(C)CC(C)CC(C)CC(C)Br. The third-order valence-electron chi connectivity index (χ3n) is 5.38. The molecule has 0 aliphatic carbocycles. The lowest BCUT2D eigenvalue weighted by atomic mass is 9.86. The van der Waals surface area contributed by atoms with Gasteiger partial charge >= 0.3 is 0 Å². The van der Waals surface area contributed by atoms with E-state index >= 15 is 0 Å². The Morgan fingerprint density at radius 1 is 0.630 bits per heavy atom. The molecule has 0 amide bonds. The fourth-order valence-corrected chi connectivity index (χ4v) is 4.75. The van der Waals surface area contributed by atoms with Gasteiger partial charge in [-0.05, 0) is 56.3 Å². The molecule has 0 N–H and O–H groups in total. The first kappa shape index (κ1) is 27.4. The molecule has 4 atom stereocenters. The van der Waals surface area contributed by atoms with Crippen LogP contribution >= 0.6 is 15.9 Å². The fraction of sp³-hybridized carbons (Fsp3) is 1.00. The summed E-state index contributed by atoms with van der Waals surface area (Å²) in [6.07, 6.45) is 15.7. The summed E-state index contributed by atoms with van der Waals surface area (Å²) in [6, 6.07) is 0. The molecule has 0 bridgehead atoms. The van der Waals surface area contributed by atoms with E-state index in [2.05, 4.69) is 50.5 Å². The van der Waals surface area contributed by atoms with Gasteiger partial charge in [0, 0.05) is 18.0 Å². The molecule has 0 aromatic carbocycles. The maximum atomic E-state index is 5.63. The first-order valence-electron chi connectivity index (χ1n) is 11.7. The first-order valence-corrected chi connectivity index (χ1v) is 12.7. The van der Waals surface area contributed by atoms with Crippen LogP contribution in [0.4, 0.5) is 0 Å². The van der Waals surface area contributed by atoms with Crippen molar-refractivity contribution in [2.75, 3.05) is 20.0 Å². The van der Waals surface area contributed by atoms with Crippen LogP contribution in [-0.2, 0) is 9.47 Å². The normalized spacial score (nSPS) is 16.2. The molecular formula is C24H49BrO2. The van der Waals surface area contributed by atoms with E-state index in [1.165, 1.54) is 70.6 Å². The summed E-state index contributed by atoms with van der Waals surface area (Å²) in [5, 5.41) is 0. The summed E-state index contributed by atoms with van der Waals surface area (Å²) < 4.78 is 11.2. The highest BCUT2D eigenvalue weighted by molar-refractivity contribution is 9.09. The van der Waals surface area contributed by atoms with Gasteiger partial charge in [0.2, 0.25) is 0 Å². The molecule has 0 aliphatic heterocycles. The van der Waals surface area contributed by atoms with Gasteiger partial charge in [-0.1, -0.05) is 89.1 Å². The zero-order valence-electron chi connectivity index (χ0n) is 19.1. The van der Waals surface area contributed by atoms with Crippen molar-refractivity contribution in [1.82, 2.24) is 0 Å². The van der Waals surface area contributed by atoms with Gasteiger partial charge < -0.3 is 9.47 Å². The maximum Gasteiger partial charge on any atom is 0.146 e. The molecule has 0 aromatic heterocycles. The van der Waals surface area contributed by atoms with Crippen molar-refractivity contribution in [1.29, 1.82) is 0 Å². The van der Waals surface area contributed by atoms with Crippen LogP contribution < -0.4 is 0 Å². The highest BCUT2D eigenvalue weighted by Gasteiger charge is 2.14. The van der Waals surface area contributed by atoms with Gasteiger partial charge in [-0.25, -0.2) is 0 Å². The van der Waals surface area contributed by atoms with E-state index in [-0.39, 0.29) is 0 Å². The molecule has 0 heterocycles. The summed E-state index contributed by atoms with van der Waals surface area (Å²) in [5.41, 5.74) is 0. The Morgan fingerprint density at radius 3 is 1.78 bits per heavy atom. The number of rotatable bonds is 20. The maximum absolute atomic E-state index is 5.63. The van der Waals surface area contributed by atoms with Crippen LogP contribution in [0.1, 0.15) is 112 Å². The smallest absolute Gasteiger partial charge is 0.146 e. The topological polar surface area (TPSA) is 18.5 Å². The summed E-state index contributed by atoms with van der Waals surface area (Å²) in [4.78, 5) is 0.641. The Hall–Kier alpha value is 0.400. The summed E-state index contributed by atoms with van der Waals surface area (Å²) in [5.74, 6) is 2.44. The van der Waals surface area contributed by atoms with Crippen LogP contribution in [0.15, 0.2) is 0 Å². The van der Waals surface area contributed by atoms with Crippen molar-refractivity contribution < 1.29 is 9.47 Å². The molecule has 3 heteroatoms. The van der Waals surface area contributed by atoms with Gasteiger partial charge in [-0.15, -0.1) is 0 Å². The Morgan fingerprint density at radius 2 is 1.15 bits per heavy atom. The average Bonchev–Trinajstić information content (AvgIpc) is 2.57. The van der Waals surface area contributed by atoms with Gasteiger partial charge in [0.05, 0.1) is 0 Å². The fourth-order valence-electron chi connectivity index (χ4n) is 4.11. The van der Waals surface area contributed by atoms with Crippen molar-refractivity contribution >= 4 is 15.9 Å². The predicted molar refractivity (Wildman–Crippen MR) is 124 cm³/mol. The first-order chi connectivity index (χ1) is 13.0. The quantitative estimate of drug-likeness (QED) is 0.106. The minimum absolute atomic E-state index is 0.475. The molecular weight excluding hydrogens is 400 g/mol. The lowest BCUT2D eigenvalue weighted by molar-refractivity contribution is -0.0561. The molecule has 0 aromatic rings. The molecule has 0 aliphatic rings. The molecule has 0 saturated heterocycles. The lowest BCUT2D eigenvalue weighted by Gasteiger charge is -2.21. The van der Waals surface area contributed by atoms with E-state index in [1.54, 1.807) is 0 Å². The minimum Gasteiger partial charge on any atom is -0.355 e. The number of unbranched alkanes of at least 4 members (excludes halogenated alkanes) is 6. The molecule has 27 heavy (non-hydrogen) atoms. The molecule has 2 nitrogen and oxygen atoms in total. The monoisotopic (exact) mass is 448 g/mol. The van der Waals surface area contributed by atoms with E-state index in [9.17, 15) is 0 Å². The number of hydrogen-bond donors (Lipinski definition) is 0. The van der Waals surface area contributed by atoms with Crippen LogP contribution in [0.2, 0.25) is 0 Å². The summed E-state index contributed by atoms with van der Waals surface area (Å²) in [7, 11) is 0. The molecule has 0 saturated carbocycles. The van der Waals surface area contributed by atoms with Crippen LogP contribution in [0.25, 0.3) is 0 Å². The highest BCUT2D eigenvalue weighted by Crippen LogP contribution is 2.25. The predicted octanol–water partition coefficient (Wildman–Crippen LogP) is 8.37. The van der Waals surface area contributed by atoms with E-state index in [0.717, 1.165) is 37.4 Å². The largest absolute Gasteiger partial charge is 0.355 e. The van der Waals surface area contributed by atoms with Crippen molar-refractivity contribution in [2.24, 2.45) is 17.8 Å². The second kappa shape index (κ2) is 19.7. The summed E-state index contributed by atoms with van der Waals surface area (Å²) >= 11 is 3.68. The van der Waals surface area contributed by atoms with Gasteiger partial charge in [-0.3, -0.25) is 0 Å². The molecule has 0 radical (unpaired) electrons. The molecule has 164 valence electrons. The molecule has 0 spiro atoms. The lowest BCUT2D eigenvalue weighted by Crippen LogP contribution is -2.11. The number of hydrogen-bond acceptors (Lipinski definition) is 2. The van der Waals surface area contributed by atoms with Crippen LogP contribution in [0.3, 0.4) is 0 Å². The average molecular weight is 450 g/mol. The Bertz CT molecular complexity index is 296. The number of halogens is 1. The van der Waals surface area contributed by atoms with Crippen molar-refractivity contribution in [3.05, 3.63) is 0 Å². The van der Waals surface area contributed by atoms with Gasteiger partial charge in [-0.2, -0.15) is 0 Å². The van der Waals surface area contributed by atoms with Crippen molar-refractivity contribution in [3.8, 4) is 0 Å². The van der Waals surface area contributed by atoms with E-state index < -0.39 is 0 Å². The van der Waals surface area contributed by atoms with E-state index in [4.69, 9.17) is 9.47 Å². The van der Waals surface area contributed by atoms with E-state index in [0.29, 0.717) is 11.6 Å². The zero-order chi connectivity index (χ0) is 20.3. The van der Waals surface area contributed by atoms with Crippen molar-refractivity contribution in [3.63, 3.8) is 0 Å². The van der Waals surface area contributed by atoms with Gasteiger partial charge in [0.1, 0.15) is 6.79 Å². The minimum atomic E-state index is 0.475.